The molecule has 0 aliphatic heterocycles. The second-order valence-corrected chi connectivity index (χ2v) is 8.72. The van der Waals surface area contributed by atoms with Crippen molar-refractivity contribution in [1.29, 1.82) is 0 Å². The quantitative estimate of drug-likeness (QED) is 0.0491. The van der Waals surface area contributed by atoms with Crippen LogP contribution in [0.4, 0.5) is 24.9 Å². The summed E-state index contributed by atoms with van der Waals surface area (Å²) < 4.78 is 9.06. The Morgan fingerprint density at radius 3 is 1.27 bits per heavy atom. The number of carbonyl (C=O) groups is 4. The van der Waals surface area contributed by atoms with Crippen molar-refractivity contribution in [2.75, 3.05) is 11.9 Å². The molecule has 12 heteroatoms. The number of fused-ring (bicyclic) bond motifs is 2. The monoisotopic (exact) mass is 601 g/mol. The van der Waals surface area contributed by atoms with Crippen molar-refractivity contribution < 1.29 is 54.2 Å². The first-order chi connectivity index (χ1) is 21.0. The lowest BCUT2D eigenvalue weighted by atomic mass is 9.90. The number of carbonyl (C=O) groups excluding carboxylic acids is 1. The molecule has 12 nitrogen and oxygen atoms in total. The molecule has 0 heterocycles. The zero-order valence-corrected chi connectivity index (χ0v) is 23.1. The molecule has 0 aliphatic carbocycles. The molecular formula is C32H27NO11. The lowest BCUT2D eigenvalue weighted by Gasteiger charge is -2.13. The molecule has 0 aliphatic rings. The van der Waals surface area contributed by atoms with E-state index in [4.69, 9.17) is 39.9 Å². The van der Waals surface area contributed by atoms with Gasteiger partial charge in [0.25, 0.3) is 0 Å². The first kappa shape index (κ1) is 32.2. The van der Waals surface area contributed by atoms with Crippen LogP contribution in [0, 0.1) is 0 Å². The Bertz CT molecular complexity index is 1710. The standard InChI is InChI=1S/C20H12.C10H11NO5.2CH2O3/c1-5-13-6-2-11-17-18-12-4-8-14-7-3-10-16(20(14)18)15(9-1)19(13)17;1-2-15-8-5-3-7(4-6-8)11-9(12)16-10(13)14;2*2-1(3)4/h1-12H;3-6H,2H2,1H3,(H,11,12)(H,13,14);2*(H2,2,3,4). The van der Waals surface area contributed by atoms with Gasteiger partial charge in [-0.25, -0.2) is 19.2 Å². The van der Waals surface area contributed by atoms with Gasteiger partial charge in [-0.1, -0.05) is 72.8 Å². The number of anilines is 1. The molecule has 0 spiro atoms. The summed E-state index contributed by atoms with van der Waals surface area (Å²) in [6.45, 7) is 2.41. The van der Waals surface area contributed by atoms with Crippen LogP contribution in [0.1, 0.15) is 6.92 Å². The molecule has 6 rings (SSSR count). The molecule has 1 amide bonds. The fourth-order valence-corrected chi connectivity index (χ4v) is 4.60. The number of nitrogens with one attached hydrogen (secondary N) is 1. The lowest BCUT2D eigenvalue weighted by Crippen LogP contribution is -2.16. The maximum absolute atomic E-state index is 10.9. The summed E-state index contributed by atoms with van der Waals surface area (Å²) in [6.07, 6.45) is -6.36. The minimum atomic E-state index is -1.83. The Kier molecular flexibility index (Phi) is 11.0. The molecule has 0 saturated carbocycles. The van der Waals surface area contributed by atoms with Gasteiger partial charge in [0.2, 0.25) is 0 Å². The zero-order chi connectivity index (χ0) is 32.2. The fourth-order valence-electron chi connectivity index (χ4n) is 4.60. The number of hydrogen-bond donors (Lipinski definition) is 6. The van der Waals surface area contributed by atoms with Crippen LogP contribution in [-0.4, -0.2) is 56.7 Å². The number of rotatable bonds is 3. The summed E-state index contributed by atoms with van der Waals surface area (Å²) in [7, 11) is 0. The summed E-state index contributed by atoms with van der Waals surface area (Å²) in [4.78, 5) is 38.0. The van der Waals surface area contributed by atoms with Crippen molar-refractivity contribution in [3.8, 4) is 5.75 Å². The van der Waals surface area contributed by atoms with E-state index in [0.29, 0.717) is 18.0 Å². The van der Waals surface area contributed by atoms with Gasteiger partial charge in [0, 0.05) is 5.69 Å². The maximum atomic E-state index is 10.9. The predicted molar refractivity (Wildman–Crippen MR) is 165 cm³/mol. The van der Waals surface area contributed by atoms with Gasteiger partial charge in [-0.3, -0.25) is 5.32 Å². The largest absolute Gasteiger partial charge is 0.514 e. The summed E-state index contributed by atoms with van der Waals surface area (Å²) in [5, 5.41) is 49.2. The van der Waals surface area contributed by atoms with Crippen LogP contribution >= 0.6 is 0 Å². The van der Waals surface area contributed by atoms with Crippen molar-refractivity contribution in [3.05, 3.63) is 97.1 Å². The number of amides is 1. The van der Waals surface area contributed by atoms with Gasteiger partial charge in [0.05, 0.1) is 6.61 Å². The first-order valence-corrected chi connectivity index (χ1v) is 12.8. The highest BCUT2D eigenvalue weighted by Gasteiger charge is 2.11. The molecule has 0 fully saturated rings. The Balaban J connectivity index is 0.000000198. The molecule has 0 atom stereocenters. The zero-order valence-electron chi connectivity index (χ0n) is 23.1. The molecule has 6 N–H and O–H groups in total. The van der Waals surface area contributed by atoms with Crippen LogP contribution in [0.5, 0.6) is 5.75 Å². The Morgan fingerprint density at radius 2 is 0.955 bits per heavy atom. The second kappa shape index (κ2) is 15.1. The van der Waals surface area contributed by atoms with E-state index in [2.05, 4.69) is 82.9 Å². The minimum absolute atomic E-state index is 0.426. The van der Waals surface area contributed by atoms with Crippen LogP contribution in [0.3, 0.4) is 0 Å². The molecule has 6 aromatic carbocycles. The van der Waals surface area contributed by atoms with Crippen LogP contribution < -0.4 is 10.1 Å². The Hall–Kier alpha value is -6.30. The van der Waals surface area contributed by atoms with Crippen LogP contribution in [0.15, 0.2) is 97.1 Å². The van der Waals surface area contributed by atoms with E-state index in [1.165, 1.54) is 43.1 Å². The molecule has 0 unspecified atom stereocenters. The highest BCUT2D eigenvalue weighted by atomic mass is 16.7. The van der Waals surface area contributed by atoms with Crippen LogP contribution in [0.2, 0.25) is 0 Å². The Morgan fingerprint density at radius 1 is 0.591 bits per heavy atom. The molecular weight excluding hydrogens is 574 g/mol. The summed E-state index contributed by atoms with van der Waals surface area (Å²) >= 11 is 0. The first-order valence-electron chi connectivity index (χ1n) is 12.8. The van der Waals surface area contributed by atoms with Gasteiger partial charge in [0.1, 0.15) is 5.75 Å². The van der Waals surface area contributed by atoms with Gasteiger partial charge < -0.3 is 35.0 Å². The van der Waals surface area contributed by atoms with Crippen molar-refractivity contribution in [2.24, 2.45) is 0 Å². The number of hydrogen-bond acceptors (Lipinski definition) is 6. The van der Waals surface area contributed by atoms with E-state index in [-0.39, 0.29) is 0 Å². The van der Waals surface area contributed by atoms with E-state index in [0.717, 1.165) is 0 Å². The fraction of sp³-hybridized carbons (Fsp3) is 0.0625. The van der Waals surface area contributed by atoms with E-state index < -0.39 is 24.6 Å². The third kappa shape index (κ3) is 8.60. The Labute approximate surface area is 249 Å². The molecule has 0 radical (unpaired) electrons. The number of ether oxygens (including phenoxy) is 2. The van der Waals surface area contributed by atoms with Crippen molar-refractivity contribution in [2.45, 2.75) is 6.92 Å². The summed E-state index contributed by atoms with van der Waals surface area (Å²) in [5.41, 5.74) is 0.426. The van der Waals surface area contributed by atoms with E-state index in [9.17, 15) is 9.59 Å². The third-order valence-electron chi connectivity index (χ3n) is 5.98. The minimum Gasteiger partial charge on any atom is -0.494 e. The van der Waals surface area contributed by atoms with Crippen molar-refractivity contribution in [1.82, 2.24) is 0 Å². The topological polar surface area (TPSA) is 200 Å². The van der Waals surface area contributed by atoms with Gasteiger partial charge >= 0.3 is 24.6 Å². The van der Waals surface area contributed by atoms with Crippen molar-refractivity contribution in [3.63, 3.8) is 0 Å². The SMILES string of the molecule is CCOc1ccc(NC(=O)OC(=O)O)cc1.O=C(O)O.O=C(O)O.c1cc2cccc3c4cccc5cccc(c(c1)c23)c54. The average Bonchev–Trinajstić information content (AvgIpc) is 2.96. The molecule has 0 bridgehead atoms. The normalized spacial score (nSPS) is 9.93. The van der Waals surface area contributed by atoms with Crippen molar-refractivity contribution >= 4 is 73.3 Å². The number of carboxylic acid groups (broad SMARTS) is 5. The third-order valence-corrected chi connectivity index (χ3v) is 5.98. The second-order valence-electron chi connectivity index (χ2n) is 8.72. The van der Waals surface area contributed by atoms with E-state index in [1.807, 2.05) is 6.92 Å². The molecule has 226 valence electrons. The summed E-state index contributed by atoms with van der Waals surface area (Å²) in [5.74, 6) is 0.666. The predicted octanol–water partition coefficient (Wildman–Crippen LogP) is 8.49. The van der Waals surface area contributed by atoms with Gasteiger partial charge in [-0.05, 0) is 74.3 Å². The van der Waals surface area contributed by atoms with Gasteiger partial charge in [-0.15, -0.1) is 0 Å². The smallest absolute Gasteiger partial charge is 0.494 e. The summed E-state index contributed by atoms with van der Waals surface area (Å²) in [6, 6.07) is 32.9. The molecule has 0 aromatic heterocycles. The van der Waals surface area contributed by atoms with E-state index >= 15 is 0 Å². The number of benzene rings is 6. The average molecular weight is 602 g/mol. The van der Waals surface area contributed by atoms with Gasteiger partial charge in [0.15, 0.2) is 0 Å². The highest BCUT2D eigenvalue weighted by Crippen LogP contribution is 2.39. The van der Waals surface area contributed by atoms with Crippen LogP contribution in [-0.2, 0) is 4.74 Å². The van der Waals surface area contributed by atoms with Crippen LogP contribution in [0.25, 0.3) is 43.1 Å². The molecule has 44 heavy (non-hydrogen) atoms. The van der Waals surface area contributed by atoms with Gasteiger partial charge in [-0.2, -0.15) is 0 Å². The highest BCUT2D eigenvalue weighted by molar-refractivity contribution is 6.32. The lowest BCUT2D eigenvalue weighted by molar-refractivity contribution is 0.116. The molecule has 6 aromatic rings. The maximum Gasteiger partial charge on any atom is 0.514 e. The molecule has 0 saturated heterocycles. The van der Waals surface area contributed by atoms with E-state index in [1.54, 1.807) is 24.3 Å².